The Kier molecular flexibility index (Phi) is 2.69. The van der Waals surface area contributed by atoms with Gasteiger partial charge in [0.2, 0.25) is 0 Å². The van der Waals surface area contributed by atoms with E-state index in [1.54, 1.807) is 0 Å². The molecule has 2 nitrogen and oxygen atoms in total. The highest BCUT2D eigenvalue weighted by atomic mass is 32.2. The molecule has 0 aromatic carbocycles. The van der Waals surface area contributed by atoms with Crippen LogP contribution in [-0.2, 0) is 11.1 Å². The van der Waals surface area contributed by atoms with Gasteiger partial charge in [-0.15, -0.1) is 12.3 Å². The SMILES string of the molecule is C#CCC1(S(=O)O)CCCC1. The van der Waals surface area contributed by atoms with Crippen LogP contribution >= 0.6 is 0 Å². The standard InChI is InChI=1S/C8H12O2S/c1-2-5-8(11(9)10)6-3-4-7-8/h1H,3-7H2,(H,9,10). The lowest BCUT2D eigenvalue weighted by atomic mass is 10.0. The zero-order valence-corrected chi connectivity index (χ0v) is 7.19. The maximum Gasteiger partial charge on any atom is 0.160 e. The first-order valence-electron chi connectivity index (χ1n) is 3.76. The third-order valence-electron chi connectivity index (χ3n) is 2.31. The smallest absolute Gasteiger partial charge is 0.160 e. The van der Waals surface area contributed by atoms with Crippen molar-refractivity contribution in [3.8, 4) is 12.3 Å². The van der Waals surface area contributed by atoms with Crippen LogP contribution in [0, 0.1) is 12.3 Å². The summed E-state index contributed by atoms with van der Waals surface area (Å²) in [4.78, 5) is 0. The first-order chi connectivity index (χ1) is 5.21. The number of terminal acetylenes is 1. The molecule has 0 aliphatic heterocycles. The van der Waals surface area contributed by atoms with E-state index in [2.05, 4.69) is 5.92 Å². The van der Waals surface area contributed by atoms with Gasteiger partial charge in [0.1, 0.15) is 0 Å². The van der Waals surface area contributed by atoms with Crippen molar-refractivity contribution in [2.45, 2.75) is 36.9 Å². The highest BCUT2D eigenvalue weighted by Gasteiger charge is 2.38. The maximum absolute atomic E-state index is 10.9. The van der Waals surface area contributed by atoms with Crippen molar-refractivity contribution < 1.29 is 8.76 Å². The summed E-state index contributed by atoms with van der Waals surface area (Å²) in [6, 6.07) is 0. The summed E-state index contributed by atoms with van der Waals surface area (Å²) < 4.78 is 19.5. The van der Waals surface area contributed by atoms with Gasteiger partial charge in [-0.2, -0.15) is 0 Å². The number of hydrogen-bond donors (Lipinski definition) is 1. The maximum atomic E-state index is 10.9. The molecule has 1 aliphatic carbocycles. The second kappa shape index (κ2) is 3.38. The van der Waals surface area contributed by atoms with Crippen molar-refractivity contribution in [1.29, 1.82) is 0 Å². The van der Waals surface area contributed by atoms with Crippen LogP contribution in [0.1, 0.15) is 32.1 Å². The van der Waals surface area contributed by atoms with Gasteiger partial charge in [0.05, 0.1) is 4.75 Å². The van der Waals surface area contributed by atoms with Crippen LogP contribution < -0.4 is 0 Å². The molecule has 11 heavy (non-hydrogen) atoms. The fraction of sp³-hybridized carbons (Fsp3) is 0.750. The fourth-order valence-electron chi connectivity index (χ4n) is 1.62. The molecule has 1 N–H and O–H groups in total. The molecule has 0 heterocycles. The van der Waals surface area contributed by atoms with Crippen LogP contribution in [0.15, 0.2) is 0 Å². The number of rotatable bonds is 2. The van der Waals surface area contributed by atoms with Crippen LogP contribution in [0.2, 0.25) is 0 Å². The lowest BCUT2D eigenvalue weighted by Crippen LogP contribution is -2.29. The first kappa shape index (κ1) is 8.76. The van der Waals surface area contributed by atoms with Gasteiger partial charge in [-0.25, -0.2) is 4.21 Å². The molecule has 1 rings (SSSR count). The molecule has 0 saturated heterocycles. The van der Waals surface area contributed by atoms with E-state index < -0.39 is 15.8 Å². The lowest BCUT2D eigenvalue weighted by Gasteiger charge is -2.21. The Morgan fingerprint density at radius 3 is 2.45 bits per heavy atom. The Morgan fingerprint density at radius 1 is 1.55 bits per heavy atom. The minimum atomic E-state index is -1.74. The Balaban J connectivity index is 2.72. The van der Waals surface area contributed by atoms with Gasteiger partial charge in [0.15, 0.2) is 11.1 Å². The van der Waals surface area contributed by atoms with E-state index in [1.807, 2.05) is 0 Å². The summed E-state index contributed by atoms with van der Waals surface area (Å²) in [6.07, 6.45) is 9.26. The van der Waals surface area contributed by atoms with Crippen molar-refractivity contribution in [3.05, 3.63) is 0 Å². The van der Waals surface area contributed by atoms with Gasteiger partial charge in [-0.1, -0.05) is 12.8 Å². The van der Waals surface area contributed by atoms with Gasteiger partial charge < -0.3 is 4.55 Å². The van der Waals surface area contributed by atoms with E-state index in [4.69, 9.17) is 11.0 Å². The zero-order valence-electron chi connectivity index (χ0n) is 6.38. The average molecular weight is 172 g/mol. The summed E-state index contributed by atoms with van der Waals surface area (Å²) in [7, 11) is 0. The van der Waals surface area contributed by atoms with E-state index in [1.165, 1.54) is 0 Å². The molecule has 3 heteroatoms. The molecule has 62 valence electrons. The van der Waals surface area contributed by atoms with E-state index >= 15 is 0 Å². The highest BCUT2D eigenvalue weighted by molar-refractivity contribution is 7.80. The Labute approximate surface area is 69.7 Å². The third-order valence-corrected chi connectivity index (χ3v) is 3.60. The lowest BCUT2D eigenvalue weighted by molar-refractivity contribution is 0.491. The molecule has 1 unspecified atom stereocenters. The van der Waals surface area contributed by atoms with Gasteiger partial charge in [-0.3, -0.25) is 0 Å². The summed E-state index contributed by atoms with van der Waals surface area (Å²) in [6.45, 7) is 0. The molecule has 0 bridgehead atoms. The second-order valence-corrected chi connectivity index (χ2v) is 4.38. The molecular weight excluding hydrogens is 160 g/mol. The Hall–Kier alpha value is -0.330. The monoisotopic (exact) mass is 172 g/mol. The molecule has 1 atom stereocenters. The largest absolute Gasteiger partial charge is 0.306 e. The number of hydrogen-bond acceptors (Lipinski definition) is 1. The Bertz CT molecular complexity index is 199. The second-order valence-electron chi connectivity index (χ2n) is 3.02. The topological polar surface area (TPSA) is 37.3 Å². The zero-order chi connectivity index (χ0) is 8.32. The minimum absolute atomic E-state index is 0.441. The molecule has 0 amide bonds. The predicted octanol–water partition coefficient (Wildman–Crippen LogP) is 1.54. The van der Waals surface area contributed by atoms with Gasteiger partial charge in [0.25, 0.3) is 0 Å². The first-order valence-corrected chi connectivity index (χ1v) is 4.86. The quantitative estimate of drug-likeness (QED) is 0.507. The average Bonchev–Trinajstić information content (AvgIpc) is 2.38. The third kappa shape index (κ3) is 1.63. The molecular formula is C8H12O2S. The highest BCUT2D eigenvalue weighted by Crippen LogP contribution is 2.36. The van der Waals surface area contributed by atoms with Gasteiger partial charge in [0, 0.05) is 6.42 Å². The van der Waals surface area contributed by atoms with Crippen molar-refractivity contribution in [2.24, 2.45) is 0 Å². The van der Waals surface area contributed by atoms with Crippen LogP contribution in [0.5, 0.6) is 0 Å². The van der Waals surface area contributed by atoms with Gasteiger partial charge >= 0.3 is 0 Å². The van der Waals surface area contributed by atoms with Crippen LogP contribution in [0.3, 0.4) is 0 Å². The molecule has 1 aliphatic rings. The molecule has 0 radical (unpaired) electrons. The summed E-state index contributed by atoms with van der Waals surface area (Å²) in [5.41, 5.74) is 0. The van der Waals surface area contributed by atoms with Crippen LogP contribution in [0.25, 0.3) is 0 Å². The van der Waals surface area contributed by atoms with Crippen molar-refractivity contribution in [1.82, 2.24) is 0 Å². The summed E-state index contributed by atoms with van der Waals surface area (Å²) >= 11 is -1.74. The molecule has 0 spiro atoms. The van der Waals surface area contributed by atoms with Crippen molar-refractivity contribution >= 4 is 11.1 Å². The van der Waals surface area contributed by atoms with Crippen molar-refractivity contribution in [3.63, 3.8) is 0 Å². The van der Waals surface area contributed by atoms with E-state index in [0.717, 1.165) is 25.7 Å². The molecule has 0 aromatic rings. The molecule has 1 saturated carbocycles. The van der Waals surface area contributed by atoms with Gasteiger partial charge in [-0.05, 0) is 12.8 Å². The van der Waals surface area contributed by atoms with Crippen LogP contribution in [0.4, 0.5) is 0 Å². The normalized spacial score (nSPS) is 24.4. The van der Waals surface area contributed by atoms with E-state index in [0.29, 0.717) is 6.42 Å². The molecule has 0 aromatic heterocycles. The van der Waals surface area contributed by atoms with E-state index in [-0.39, 0.29) is 0 Å². The molecule has 1 fully saturated rings. The van der Waals surface area contributed by atoms with Crippen molar-refractivity contribution in [2.75, 3.05) is 0 Å². The fourth-order valence-corrected chi connectivity index (χ4v) is 2.46. The van der Waals surface area contributed by atoms with E-state index in [9.17, 15) is 4.21 Å². The summed E-state index contributed by atoms with van der Waals surface area (Å²) in [5, 5.41) is 0. The Morgan fingerprint density at radius 2 is 2.09 bits per heavy atom. The minimum Gasteiger partial charge on any atom is -0.306 e. The summed E-state index contributed by atoms with van der Waals surface area (Å²) in [5.74, 6) is 2.48. The van der Waals surface area contributed by atoms with Crippen LogP contribution in [-0.4, -0.2) is 13.5 Å². The predicted molar refractivity (Wildman–Crippen MR) is 45.4 cm³/mol.